The second-order valence-corrected chi connectivity index (χ2v) is 7.49. The van der Waals surface area contributed by atoms with Gasteiger partial charge in [-0.1, -0.05) is 48.5 Å². The van der Waals surface area contributed by atoms with E-state index in [-0.39, 0.29) is 5.91 Å². The smallest absolute Gasteiger partial charge is 0.231 e. The van der Waals surface area contributed by atoms with E-state index in [9.17, 15) is 4.79 Å². The largest absolute Gasteiger partial charge is 0.493 e. The van der Waals surface area contributed by atoms with Crippen LogP contribution in [0, 0.1) is 0 Å². The second-order valence-electron chi connectivity index (χ2n) is 7.49. The Bertz CT molecular complexity index is 999. The summed E-state index contributed by atoms with van der Waals surface area (Å²) in [6.07, 6.45) is 2.02. The van der Waals surface area contributed by atoms with Gasteiger partial charge in [-0.3, -0.25) is 4.79 Å². The molecule has 5 rings (SSSR count). The molecule has 2 aliphatic heterocycles. The van der Waals surface area contributed by atoms with Crippen molar-refractivity contribution in [2.24, 2.45) is 0 Å². The zero-order valence-corrected chi connectivity index (χ0v) is 16.3. The maximum Gasteiger partial charge on any atom is 0.231 e. The highest BCUT2D eigenvalue weighted by molar-refractivity contribution is 5.95. The lowest BCUT2D eigenvalue weighted by molar-refractivity contribution is -0.118. The van der Waals surface area contributed by atoms with Gasteiger partial charge in [0.25, 0.3) is 0 Å². The number of nitrogens with zero attached hydrogens (tertiary/aromatic N) is 1. The van der Waals surface area contributed by atoms with Gasteiger partial charge in [0.2, 0.25) is 5.91 Å². The molecule has 0 saturated heterocycles. The maximum atomic E-state index is 13.5. The lowest BCUT2D eigenvalue weighted by Gasteiger charge is -2.24. The van der Waals surface area contributed by atoms with Crippen LogP contribution >= 0.6 is 0 Å². The summed E-state index contributed by atoms with van der Waals surface area (Å²) in [5, 5.41) is 0. The van der Waals surface area contributed by atoms with Crippen LogP contribution in [0.15, 0.2) is 66.7 Å². The SMILES string of the molecule is O=C(Cc1c2c(cc3c1OCC3)OCC2)N(Cc1ccccc1)c1ccccc1. The van der Waals surface area contributed by atoms with Gasteiger partial charge in [0.05, 0.1) is 26.2 Å². The molecule has 2 heterocycles. The minimum absolute atomic E-state index is 0.0676. The molecule has 3 aromatic carbocycles. The van der Waals surface area contributed by atoms with Crippen LogP contribution in [0.2, 0.25) is 0 Å². The summed E-state index contributed by atoms with van der Waals surface area (Å²) in [5.74, 6) is 1.89. The molecule has 2 aliphatic rings. The average molecular weight is 385 g/mol. The third-order valence-electron chi connectivity index (χ3n) is 5.64. The van der Waals surface area contributed by atoms with E-state index < -0.39 is 0 Å². The van der Waals surface area contributed by atoms with Crippen molar-refractivity contribution < 1.29 is 14.3 Å². The standard InChI is InChI=1S/C25H23NO3/c27-24(16-22-21-12-14-28-23(21)15-19-11-13-29-25(19)22)26(20-9-5-2-6-10-20)17-18-7-3-1-4-8-18/h1-10,15H,11-14,16-17H2. The van der Waals surface area contributed by atoms with Gasteiger partial charge in [0.1, 0.15) is 11.5 Å². The number of fused-ring (bicyclic) bond motifs is 2. The van der Waals surface area contributed by atoms with Crippen molar-refractivity contribution in [2.75, 3.05) is 18.1 Å². The Balaban J connectivity index is 1.49. The summed E-state index contributed by atoms with van der Waals surface area (Å²) in [6.45, 7) is 1.88. The number of hydrogen-bond donors (Lipinski definition) is 0. The number of carbonyl (C=O) groups is 1. The van der Waals surface area contributed by atoms with Crippen LogP contribution in [0.4, 0.5) is 5.69 Å². The van der Waals surface area contributed by atoms with Crippen molar-refractivity contribution in [2.45, 2.75) is 25.8 Å². The summed E-state index contributed by atoms with van der Waals surface area (Å²) in [5.41, 5.74) is 5.30. The molecular formula is C25H23NO3. The van der Waals surface area contributed by atoms with Crippen LogP contribution in [-0.2, 0) is 30.6 Å². The Hall–Kier alpha value is -3.27. The number of benzene rings is 3. The predicted octanol–water partition coefficient (Wildman–Crippen LogP) is 4.33. The van der Waals surface area contributed by atoms with Gasteiger partial charge in [0.15, 0.2) is 0 Å². The fourth-order valence-electron chi connectivity index (χ4n) is 4.22. The third kappa shape index (κ3) is 3.46. The van der Waals surface area contributed by atoms with Crippen LogP contribution in [0.25, 0.3) is 0 Å². The topological polar surface area (TPSA) is 38.8 Å². The molecule has 0 radical (unpaired) electrons. The molecule has 0 N–H and O–H groups in total. The number of rotatable bonds is 5. The van der Waals surface area contributed by atoms with Gasteiger partial charge in [0, 0.05) is 35.2 Å². The normalized spacial score (nSPS) is 13.9. The van der Waals surface area contributed by atoms with Gasteiger partial charge in [-0.25, -0.2) is 0 Å². The van der Waals surface area contributed by atoms with Crippen molar-refractivity contribution in [3.63, 3.8) is 0 Å². The van der Waals surface area contributed by atoms with Gasteiger partial charge < -0.3 is 14.4 Å². The summed E-state index contributed by atoms with van der Waals surface area (Å²) in [4.78, 5) is 15.4. The summed E-state index contributed by atoms with van der Waals surface area (Å²) < 4.78 is 11.7. The minimum atomic E-state index is 0.0676. The Labute approximate surface area is 170 Å². The van der Waals surface area contributed by atoms with Crippen LogP contribution in [0.5, 0.6) is 11.5 Å². The number of carbonyl (C=O) groups excluding carboxylic acids is 1. The minimum Gasteiger partial charge on any atom is -0.493 e. The molecule has 0 unspecified atom stereocenters. The highest BCUT2D eigenvalue weighted by Gasteiger charge is 2.29. The van der Waals surface area contributed by atoms with E-state index in [2.05, 4.69) is 18.2 Å². The maximum absolute atomic E-state index is 13.5. The summed E-state index contributed by atoms with van der Waals surface area (Å²) in [6, 6.07) is 22.1. The summed E-state index contributed by atoms with van der Waals surface area (Å²) >= 11 is 0. The van der Waals surface area contributed by atoms with E-state index in [0.29, 0.717) is 26.2 Å². The molecule has 0 aromatic heterocycles. The molecule has 4 nitrogen and oxygen atoms in total. The Morgan fingerprint density at radius 2 is 1.62 bits per heavy atom. The highest BCUT2D eigenvalue weighted by Crippen LogP contribution is 2.41. The zero-order chi connectivity index (χ0) is 19.6. The van der Waals surface area contributed by atoms with Gasteiger partial charge in [-0.15, -0.1) is 0 Å². The molecule has 0 spiro atoms. The van der Waals surface area contributed by atoms with Gasteiger partial charge in [-0.05, 0) is 23.8 Å². The molecule has 29 heavy (non-hydrogen) atoms. The number of para-hydroxylation sites is 1. The number of ether oxygens (including phenoxy) is 2. The number of anilines is 1. The van der Waals surface area contributed by atoms with Crippen LogP contribution in [0.3, 0.4) is 0 Å². The molecule has 1 amide bonds. The van der Waals surface area contributed by atoms with E-state index in [1.54, 1.807) is 0 Å². The van der Waals surface area contributed by atoms with E-state index in [1.165, 1.54) is 0 Å². The van der Waals surface area contributed by atoms with E-state index in [1.807, 2.05) is 53.4 Å². The lowest BCUT2D eigenvalue weighted by atomic mass is 9.96. The Morgan fingerprint density at radius 3 is 2.41 bits per heavy atom. The van der Waals surface area contributed by atoms with Crippen LogP contribution < -0.4 is 14.4 Å². The number of hydrogen-bond acceptors (Lipinski definition) is 3. The van der Waals surface area contributed by atoms with Crippen molar-refractivity contribution >= 4 is 11.6 Å². The fourth-order valence-corrected chi connectivity index (χ4v) is 4.22. The van der Waals surface area contributed by atoms with Crippen LogP contribution in [0.1, 0.15) is 22.3 Å². The molecule has 0 aliphatic carbocycles. The zero-order valence-electron chi connectivity index (χ0n) is 16.3. The second kappa shape index (κ2) is 7.63. The Morgan fingerprint density at radius 1 is 0.897 bits per heavy atom. The van der Waals surface area contributed by atoms with E-state index >= 15 is 0 Å². The molecule has 0 saturated carbocycles. The highest BCUT2D eigenvalue weighted by atomic mass is 16.5. The summed E-state index contributed by atoms with van der Waals surface area (Å²) in [7, 11) is 0. The molecule has 146 valence electrons. The molecule has 0 atom stereocenters. The monoisotopic (exact) mass is 385 g/mol. The molecule has 0 fully saturated rings. The van der Waals surface area contributed by atoms with E-state index in [0.717, 1.165) is 52.3 Å². The molecule has 3 aromatic rings. The van der Waals surface area contributed by atoms with Crippen molar-refractivity contribution in [1.82, 2.24) is 0 Å². The Kier molecular flexibility index (Phi) is 4.68. The average Bonchev–Trinajstić information content (AvgIpc) is 3.42. The molecule has 0 bridgehead atoms. The van der Waals surface area contributed by atoms with Gasteiger partial charge in [-0.2, -0.15) is 0 Å². The van der Waals surface area contributed by atoms with Crippen molar-refractivity contribution in [1.29, 1.82) is 0 Å². The lowest BCUT2D eigenvalue weighted by Crippen LogP contribution is -2.32. The first-order chi connectivity index (χ1) is 14.3. The van der Waals surface area contributed by atoms with Crippen molar-refractivity contribution in [3.05, 3.63) is 89.0 Å². The first-order valence-electron chi connectivity index (χ1n) is 10.1. The third-order valence-corrected chi connectivity index (χ3v) is 5.64. The van der Waals surface area contributed by atoms with E-state index in [4.69, 9.17) is 9.47 Å². The molecular weight excluding hydrogens is 362 g/mol. The first kappa shape index (κ1) is 17.8. The number of amides is 1. The van der Waals surface area contributed by atoms with Crippen LogP contribution in [-0.4, -0.2) is 19.1 Å². The predicted molar refractivity (Wildman–Crippen MR) is 113 cm³/mol. The van der Waals surface area contributed by atoms with Gasteiger partial charge >= 0.3 is 0 Å². The first-order valence-corrected chi connectivity index (χ1v) is 10.1. The van der Waals surface area contributed by atoms with Crippen molar-refractivity contribution in [3.8, 4) is 11.5 Å². The molecule has 4 heteroatoms. The fraction of sp³-hybridized carbons (Fsp3) is 0.240. The quantitative estimate of drug-likeness (QED) is 0.656.